The van der Waals surface area contributed by atoms with Crippen LogP contribution in [0.5, 0.6) is 0 Å². The van der Waals surface area contributed by atoms with Crippen molar-refractivity contribution in [3.63, 3.8) is 0 Å². The Morgan fingerprint density at radius 1 is 1.33 bits per heavy atom. The molecule has 2 atom stereocenters. The molecule has 2 heteroatoms. The molecule has 1 nitrogen and oxygen atoms in total. The van der Waals surface area contributed by atoms with Gasteiger partial charge in [0.15, 0.2) is 0 Å². The minimum atomic E-state index is 0.0601. The second-order valence-electron chi connectivity index (χ2n) is 2.87. The van der Waals surface area contributed by atoms with Gasteiger partial charge in [0, 0.05) is 5.92 Å². The molecule has 0 fully saturated rings. The van der Waals surface area contributed by atoms with Gasteiger partial charge in [-0.15, -0.1) is 0 Å². The van der Waals surface area contributed by atoms with Crippen LogP contribution < -0.4 is 5.73 Å². The Balaban J connectivity index is 2.80. The Labute approximate surface area is 82.1 Å². The number of hydrogen-bond acceptors (Lipinski definition) is 1. The number of hydrogen-bond donors (Lipinski definition) is 1. The molecule has 1 aromatic carbocycles. The third kappa shape index (κ3) is 2.32. The third-order valence-electron chi connectivity index (χ3n) is 2.05. The lowest BCUT2D eigenvalue weighted by molar-refractivity contribution is 0.647. The Bertz CT molecular complexity index is 221. The highest BCUT2D eigenvalue weighted by Gasteiger charge is 2.13. The first-order valence-electron chi connectivity index (χ1n) is 4.20. The first-order chi connectivity index (χ1) is 5.75. The zero-order valence-electron chi connectivity index (χ0n) is 7.20. The lowest BCUT2D eigenvalue weighted by Crippen LogP contribution is -2.20. The third-order valence-corrected chi connectivity index (χ3v) is 2.69. The summed E-state index contributed by atoms with van der Waals surface area (Å²) in [5.74, 6) is 0.422. The summed E-state index contributed by atoms with van der Waals surface area (Å²) in [5, 5.41) is 0. The summed E-state index contributed by atoms with van der Waals surface area (Å²) >= 11 is 3.42. The molecule has 2 N–H and O–H groups in total. The first kappa shape index (κ1) is 9.75. The predicted octanol–water partition coefficient (Wildman–Crippen LogP) is 2.86. The molecule has 1 rings (SSSR count). The first-order valence-corrected chi connectivity index (χ1v) is 5.12. The van der Waals surface area contributed by atoms with Crippen molar-refractivity contribution in [2.45, 2.75) is 24.2 Å². The number of rotatable bonds is 3. The summed E-state index contributed by atoms with van der Waals surface area (Å²) < 4.78 is 0. The molecule has 0 aromatic heterocycles. The Hall–Kier alpha value is -0.340. The number of alkyl halides is 1. The van der Waals surface area contributed by atoms with Gasteiger partial charge in [0.1, 0.15) is 0 Å². The minimum absolute atomic E-state index is 0.0601. The van der Waals surface area contributed by atoms with Gasteiger partial charge in [0.2, 0.25) is 0 Å². The Kier molecular flexibility index (Phi) is 3.76. The van der Waals surface area contributed by atoms with Crippen molar-refractivity contribution in [2.24, 2.45) is 5.73 Å². The van der Waals surface area contributed by atoms with Crippen LogP contribution in [0.15, 0.2) is 30.3 Å². The van der Waals surface area contributed by atoms with E-state index in [1.54, 1.807) is 0 Å². The number of nitrogens with two attached hydrogens (primary N) is 1. The van der Waals surface area contributed by atoms with Crippen LogP contribution in [0.4, 0.5) is 0 Å². The van der Waals surface area contributed by atoms with Crippen molar-refractivity contribution in [2.75, 3.05) is 0 Å². The van der Waals surface area contributed by atoms with E-state index < -0.39 is 0 Å². The summed E-state index contributed by atoms with van der Waals surface area (Å²) in [6.07, 6.45) is 1.07. The van der Waals surface area contributed by atoms with Gasteiger partial charge in [-0.2, -0.15) is 0 Å². The van der Waals surface area contributed by atoms with Gasteiger partial charge in [-0.05, 0) is 12.0 Å². The maximum absolute atomic E-state index is 5.80. The quantitative estimate of drug-likeness (QED) is 0.624. The SMILES string of the molecule is CCC(c1ccccc1)C(N)Br. The average molecular weight is 228 g/mol. The van der Waals surface area contributed by atoms with E-state index in [0.717, 1.165) is 6.42 Å². The van der Waals surface area contributed by atoms with Gasteiger partial charge in [-0.3, -0.25) is 0 Å². The van der Waals surface area contributed by atoms with Crippen LogP contribution in [0.3, 0.4) is 0 Å². The van der Waals surface area contributed by atoms with Crippen molar-refractivity contribution >= 4 is 15.9 Å². The zero-order valence-corrected chi connectivity index (χ0v) is 8.79. The molecule has 0 saturated heterocycles. The molecule has 0 aliphatic carbocycles. The molecule has 0 radical (unpaired) electrons. The minimum Gasteiger partial charge on any atom is -0.318 e. The highest BCUT2D eigenvalue weighted by molar-refractivity contribution is 9.09. The maximum atomic E-state index is 5.80. The van der Waals surface area contributed by atoms with E-state index in [4.69, 9.17) is 5.73 Å². The van der Waals surface area contributed by atoms with Crippen molar-refractivity contribution in [3.8, 4) is 0 Å². The van der Waals surface area contributed by atoms with Gasteiger partial charge in [-0.25, -0.2) is 0 Å². The van der Waals surface area contributed by atoms with E-state index in [9.17, 15) is 0 Å². The van der Waals surface area contributed by atoms with E-state index in [0.29, 0.717) is 5.92 Å². The summed E-state index contributed by atoms with van der Waals surface area (Å²) in [7, 11) is 0. The van der Waals surface area contributed by atoms with Crippen LogP contribution >= 0.6 is 15.9 Å². The van der Waals surface area contributed by atoms with Crippen molar-refractivity contribution < 1.29 is 0 Å². The largest absolute Gasteiger partial charge is 0.318 e. The Morgan fingerprint density at radius 2 is 1.92 bits per heavy atom. The topological polar surface area (TPSA) is 26.0 Å². The fourth-order valence-electron chi connectivity index (χ4n) is 1.34. The van der Waals surface area contributed by atoms with Crippen molar-refractivity contribution in [3.05, 3.63) is 35.9 Å². The molecule has 1 aromatic rings. The van der Waals surface area contributed by atoms with E-state index in [1.807, 2.05) is 18.2 Å². The summed E-state index contributed by atoms with van der Waals surface area (Å²) in [5.41, 5.74) is 7.11. The fraction of sp³-hybridized carbons (Fsp3) is 0.400. The van der Waals surface area contributed by atoms with Crippen LogP contribution in [-0.4, -0.2) is 4.95 Å². The van der Waals surface area contributed by atoms with E-state index in [-0.39, 0.29) is 4.95 Å². The zero-order chi connectivity index (χ0) is 8.97. The fourth-order valence-corrected chi connectivity index (χ4v) is 2.02. The lowest BCUT2D eigenvalue weighted by Gasteiger charge is -2.17. The molecule has 12 heavy (non-hydrogen) atoms. The molecule has 0 heterocycles. The van der Waals surface area contributed by atoms with E-state index in [2.05, 4.69) is 35.0 Å². The van der Waals surface area contributed by atoms with E-state index in [1.165, 1.54) is 5.56 Å². The van der Waals surface area contributed by atoms with Gasteiger partial charge in [-0.1, -0.05) is 53.2 Å². The Morgan fingerprint density at radius 3 is 2.33 bits per heavy atom. The second kappa shape index (κ2) is 4.63. The predicted molar refractivity (Wildman–Crippen MR) is 56.4 cm³/mol. The van der Waals surface area contributed by atoms with Crippen LogP contribution in [0.2, 0.25) is 0 Å². The molecular weight excluding hydrogens is 214 g/mol. The maximum Gasteiger partial charge on any atom is 0.0674 e. The smallest absolute Gasteiger partial charge is 0.0674 e. The normalized spacial score (nSPS) is 15.6. The summed E-state index contributed by atoms with van der Waals surface area (Å²) in [4.78, 5) is 0.0601. The van der Waals surface area contributed by atoms with E-state index >= 15 is 0 Å². The molecule has 0 aliphatic heterocycles. The molecule has 0 saturated carbocycles. The summed E-state index contributed by atoms with van der Waals surface area (Å²) in [6, 6.07) is 10.4. The van der Waals surface area contributed by atoms with Gasteiger partial charge in [0.05, 0.1) is 4.95 Å². The van der Waals surface area contributed by atoms with Gasteiger partial charge < -0.3 is 5.73 Å². The molecular formula is C10H14BrN. The number of halogens is 1. The number of benzene rings is 1. The highest BCUT2D eigenvalue weighted by Crippen LogP contribution is 2.24. The van der Waals surface area contributed by atoms with Crippen molar-refractivity contribution in [1.82, 2.24) is 0 Å². The average Bonchev–Trinajstić information content (AvgIpc) is 2.07. The van der Waals surface area contributed by atoms with Gasteiger partial charge >= 0.3 is 0 Å². The van der Waals surface area contributed by atoms with Crippen LogP contribution in [0, 0.1) is 0 Å². The molecule has 0 bridgehead atoms. The molecule has 66 valence electrons. The molecule has 0 aliphatic rings. The summed E-state index contributed by atoms with van der Waals surface area (Å²) in [6.45, 7) is 2.15. The highest BCUT2D eigenvalue weighted by atomic mass is 79.9. The monoisotopic (exact) mass is 227 g/mol. The van der Waals surface area contributed by atoms with Crippen LogP contribution in [-0.2, 0) is 0 Å². The lowest BCUT2D eigenvalue weighted by atomic mass is 9.97. The van der Waals surface area contributed by atoms with Gasteiger partial charge in [0.25, 0.3) is 0 Å². The standard InChI is InChI=1S/C10H14BrN/c1-2-9(10(11)12)8-6-4-3-5-7-8/h3-7,9-10H,2,12H2,1H3. The van der Waals surface area contributed by atoms with Crippen LogP contribution in [0.25, 0.3) is 0 Å². The molecule has 0 spiro atoms. The van der Waals surface area contributed by atoms with Crippen molar-refractivity contribution in [1.29, 1.82) is 0 Å². The molecule has 0 amide bonds. The van der Waals surface area contributed by atoms with Crippen LogP contribution in [0.1, 0.15) is 24.8 Å². The molecule has 2 unspecified atom stereocenters. The second-order valence-corrected chi connectivity index (χ2v) is 3.93.